The zero-order chi connectivity index (χ0) is 20.5. The number of pyridine rings is 1. The van der Waals surface area contributed by atoms with Gasteiger partial charge in [0.2, 0.25) is 0 Å². The van der Waals surface area contributed by atoms with Crippen molar-refractivity contribution in [2.75, 3.05) is 25.9 Å². The van der Waals surface area contributed by atoms with Crippen LogP contribution in [-0.2, 0) is 4.74 Å². The van der Waals surface area contributed by atoms with Gasteiger partial charge in [-0.15, -0.1) is 0 Å². The van der Waals surface area contributed by atoms with E-state index in [-0.39, 0.29) is 11.4 Å². The van der Waals surface area contributed by atoms with Crippen LogP contribution in [0.25, 0.3) is 22.0 Å². The number of hydrogen-bond acceptors (Lipinski definition) is 6. The Labute approximate surface area is 170 Å². The molecular formula is C22H27N5O2. The number of rotatable bonds is 4. The highest BCUT2D eigenvalue weighted by Crippen LogP contribution is 2.30. The lowest BCUT2D eigenvalue weighted by Crippen LogP contribution is -2.39. The van der Waals surface area contributed by atoms with Gasteiger partial charge in [-0.05, 0) is 50.5 Å². The molecule has 0 saturated carbocycles. The Hall–Kier alpha value is -2.93. The molecule has 7 nitrogen and oxygen atoms in total. The van der Waals surface area contributed by atoms with Gasteiger partial charge >= 0.3 is 5.97 Å². The molecule has 152 valence electrons. The van der Waals surface area contributed by atoms with E-state index in [1.165, 1.54) is 7.11 Å². The SMILES string of the molecule is COC(=O)c1cc(-c2ccc3c(cnn3C3CCN(C(C)C)CC3)c2)cnc1N. The molecule has 0 aliphatic carbocycles. The summed E-state index contributed by atoms with van der Waals surface area (Å²) in [5.41, 5.74) is 9.01. The maximum absolute atomic E-state index is 11.9. The van der Waals surface area contributed by atoms with Gasteiger partial charge < -0.3 is 15.4 Å². The number of carbonyl (C=O) groups is 1. The minimum absolute atomic E-state index is 0.169. The van der Waals surface area contributed by atoms with Crippen molar-refractivity contribution < 1.29 is 9.53 Å². The van der Waals surface area contributed by atoms with E-state index in [4.69, 9.17) is 10.5 Å². The molecule has 1 fully saturated rings. The maximum Gasteiger partial charge on any atom is 0.341 e. The largest absolute Gasteiger partial charge is 0.465 e. The van der Waals surface area contributed by atoms with Crippen molar-refractivity contribution in [1.29, 1.82) is 0 Å². The number of benzene rings is 1. The van der Waals surface area contributed by atoms with Gasteiger partial charge in [0.25, 0.3) is 0 Å². The summed E-state index contributed by atoms with van der Waals surface area (Å²) in [6, 6.07) is 8.96. The standard InChI is InChI=1S/C22H27N5O2/c1-14(2)26-8-6-18(7-9-26)27-20-5-4-15(10-17(20)13-25-27)16-11-19(22(28)29-3)21(23)24-12-16/h4-5,10-14,18H,6-9H2,1-3H3,(H2,23,24). The Morgan fingerprint density at radius 2 is 1.93 bits per heavy atom. The van der Waals surface area contributed by atoms with Gasteiger partial charge in [-0.25, -0.2) is 9.78 Å². The van der Waals surface area contributed by atoms with Crippen molar-refractivity contribution in [2.45, 2.75) is 38.8 Å². The monoisotopic (exact) mass is 393 g/mol. The average molecular weight is 393 g/mol. The number of hydrogen-bond donors (Lipinski definition) is 1. The number of likely N-dealkylation sites (tertiary alicyclic amines) is 1. The second kappa shape index (κ2) is 7.83. The Morgan fingerprint density at radius 1 is 1.17 bits per heavy atom. The van der Waals surface area contributed by atoms with Gasteiger partial charge in [-0.1, -0.05) is 6.07 Å². The summed E-state index contributed by atoms with van der Waals surface area (Å²) >= 11 is 0. The van der Waals surface area contributed by atoms with Crippen LogP contribution < -0.4 is 5.73 Å². The third-order valence-electron chi connectivity index (χ3n) is 5.83. The Kier molecular flexibility index (Phi) is 5.24. The summed E-state index contributed by atoms with van der Waals surface area (Å²) in [7, 11) is 1.33. The van der Waals surface area contributed by atoms with E-state index in [0.29, 0.717) is 12.1 Å². The van der Waals surface area contributed by atoms with Gasteiger partial charge in [-0.2, -0.15) is 5.10 Å². The highest BCUT2D eigenvalue weighted by atomic mass is 16.5. The predicted molar refractivity (Wildman–Crippen MR) is 114 cm³/mol. The molecular weight excluding hydrogens is 366 g/mol. The molecule has 0 amide bonds. The zero-order valence-corrected chi connectivity index (χ0v) is 17.1. The lowest BCUT2D eigenvalue weighted by Gasteiger charge is -2.34. The lowest BCUT2D eigenvalue weighted by atomic mass is 10.0. The number of fused-ring (bicyclic) bond motifs is 1. The Morgan fingerprint density at radius 3 is 2.62 bits per heavy atom. The molecule has 0 unspecified atom stereocenters. The number of methoxy groups -OCH3 is 1. The fourth-order valence-corrected chi connectivity index (χ4v) is 4.08. The number of nitrogens with zero attached hydrogens (tertiary/aromatic N) is 4. The first-order chi connectivity index (χ1) is 14.0. The summed E-state index contributed by atoms with van der Waals surface area (Å²) in [5, 5.41) is 5.76. The molecule has 0 spiro atoms. The fourth-order valence-electron chi connectivity index (χ4n) is 4.08. The molecule has 0 radical (unpaired) electrons. The van der Waals surface area contributed by atoms with Gasteiger partial charge in [0.05, 0.1) is 24.9 Å². The summed E-state index contributed by atoms with van der Waals surface area (Å²) in [6.45, 7) is 6.72. The molecule has 2 aromatic heterocycles. The topological polar surface area (TPSA) is 86.3 Å². The number of aromatic nitrogens is 3. The maximum atomic E-state index is 11.9. The third kappa shape index (κ3) is 3.70. The van der Waals surface area contributed by atoms with Crippen LogP contribution in [0.1, 0.15) is 43.1 Å². The van der Waals surface area contributed by atoms with E-state index in [1.54, 1.807) is 12.3 Å². The molecule has 0 bridgehead atoms. The van der Waals surface area contributed by atoms with Gasteiger partial charge in [0, 0.05) is 36.3 Å². The van der Waals surface area contributed by atoms with E-state index < -0.39 is 5.97 Å². The van der Waals surface area contributed by atoms with Crippen molar-refractivity contribution >= 4 is 22.7 Å². The fraction of sp³-hybridized carbons (Fsp3) is 0.409. The lowest BCUT2D eigenvalue weighted by molar-refractivity contribution is 0.0601. The van der Waals surface area contributed by atoms with Crippen LogP contribution in [0.3, 0.4) is 0 Å². The molecule has 1 aromatic carbocycles. The minimum atomic E-state index is -0.488. The molecule has 4 rings (SSSR count). The van der Waals surface area contributed by atoms with Crippen molar-refractivity contribution in [1.82, 2.24) is 19.7 Å². The molecule has 1 aliphatic heterocycles. The number of esters is 1. The summed E-state index contributed by atoms with van der Waals surface area (Å²) in [4.78, 5) is 18.6. The van der Waals surface area contributed by atoms with E-state index in [2.05, 4.69) is 45.6 Å². The van der Waals surface area contributed by atoms with Crippen LogP contribution in [0.2, 0.25) is 0 Å². The van der Waals surface area contributed by atoms with E-state index in [0.717, 1.165) is 48.0 Å². The minimum Gasteiger partial charge on any atom is -0.465 e. The number of anilines is 1. The van der Waals surface area contributed by atoms with E-state index in [9.17, 15) is 4.79 Å². The average Bonchev–Trinajstić information content (AvgIpc) is 3.17. The number of carbonyl (C=O) groups excluding carboxylic acids is 1. The quantitative estimate of drug-likeness (QED) is 0.683. The van der Waals surface area contributed by atoms with Gasteiger partial charge in [0.1, 0.15) is 11.4 Å². The van der Waals surface area contributed by atoms with Crippen LogP contribution >= 0.6 is 0 Å². The van der Waals surface area contributed by atoms with Crippen LogP contribution in [0.15, 0.2) is 36.7 Å². The Balaban J connectivity index is 1.62. The highest BCUT2D eigenvalue weighted by Gasteiger charge is 2.23. The third-order valence-corrected chi connectivity index (χ3v) is 5.83. The second-order valence-corrected chi connectivity index (χ2v) is 7.87. The normalized spacial score (nSPS) is 15.9. The number of nitrogens with two attached hydrogens (primary N) is 1. The van der Waals surface area contributed by atoms with Crippen molar-refractivity contribution in [3.05, 3.63) is 42.2 Å². The first-order valence-corrected chi connectivity index (χ1v) is 10.0. The first-order valence-electron chi connectivity index (χ1n) is 10.0. The van der Waals surface area contributed by atoms with Crippen molar-refractivity contribution in [3.8, 4) is 11.1 Å². The second-order valence-electron chi connectivity index (χ2n) is 7.87. The molecule has 3 heterocycles. The summed E-state index contributed by atoms with van der Waals surface area (Å²) < 4.78 is 6.96. The van der Waals surface area contributed by atoms with Crippen molar-refractivity contribution in [2.24, 2.45) is 0 Å². The van der Waals surface area contributed by atoms with Crippen LogP contribution in [0.4, 0.5) is 5.82 Å². The van der Waals surface area contributed by atoms with E-state index in [1.807, 2.05) is 12.3 Å². The molecule has 1 saturated heterocycles. The van der Waals surface area contributed by atoms with Crippen molar-refractivity contribution in [3.63, 3.8) is 0 Å². The van der Waals surface area contributed by atoms with Crippen LogP contribution in [-0.4, -0.2) is 51.9 Å². The summed E-state index contributed by atoms with van der Waals surface area (Å²) in [6.07, 6.45) is 5.82. The highest BCUT2D eigenvalue weighted by molar-refractivity contribution is 5.96. The summed E-state index contributed by atoms with van der Waals surface area (Å²) in [5.74, 6) is -0.319. The number of piperidine rings is 1. The zero-order valence-electron chi connectivity index (χ0n) is 17.1. The van der Waals surface area contributed by atoms with Gasteiger partial charge in [-0.3, -0.25) is 4.68 Å². The Bertz CT molecular complexity index is 1030. The molecule has 29 heavy (non-hydrogen) atoms. The first kappa shape index (κ1) is 19.4. The smallest absolute Gasteiger partial charge is 0.341 e. The van der Waals surface area contributed by atoms with Crippen LogP contribution in [0.5, 0.6) is 0 Å². The van der Waals surface area contributed by atoms with Crippen LogP contribution in [0, 0.1) is 0 Å². The van der Waals surface area contributed by atoms with E-state index >= 15 is 0 Å². The molecule has 1 aliphatic rings. The molecule has 2 N–H and O–H groups in total. The number of nitrogen functional groups attached to an aromatic ring is 1. The molecule has 7 heteroatoms. The molecule has 0 atom stereocenters. The predicted octanol–water partition coefficient (Wildman–Crippen LogP) is 3.51. The molecule has 3 aromatic rings. The van der Waals surface area contributed by atoms with Gasteiger partial charge in [0.15, 0.2) is 0 Å². The number of ether oxygens (including phenoxy) is 1.